The smallest absolute Gasteiger partial charge is 0.182 e. The van der Waals surface area contributed by atoms with E-state index in [0.29, 0.717) is 17.3 Å². The quantitative estimate of drug-likeness (QED) is 0.664. The van der Waals surface area contributed by atoms with Crippen LogP contribution in [-0.4, -0.2) is 5.11 Å². The maximum absolute atomic E-state index is 11.7. The molecule has 1 aromatic rings. The Kier molecular flexibility index (Phi) is 3.14. The summed E-state index contributed by atoms with van der Waals surface area (Å²) in [5, 5.41) is 10.8. The highest BCUT2D eigenvalue weighted by Crippen LogP contribution is 2.43. The molecular formula is C19H18O3. The zero-order chi connectivity index (χ0) is 15.1. The van der Waals surface area contributed by atoms with Crippen LogP contribution in [0.4, 0.5) is 0 Å². The lowest BCUT2D eigenvalue weighted by Gasteiger charge is -2.26. The first-order valence-corrected chi connectivity index (χ1v) is 7.92. The van der Waals surface area contributed by atoms with Gasteiger partial charge < -0.3 is 9.52 Å². The maximum atomic E-state index is 11.7. The van der Waals surface area contributed by atoms with Crippen molar-refractivity contribution >= 4 is 11.0 Å². The summed E-state index contributed by atoms with van der Waals surface area (Å²) >= 11 is 0. The number of hydrogen-bond donors (Lipinski definition) is 1. The van der Waals surface area contributed by atoms with Crippen molar-refractivity contribution < 1.29 is 9.52 Å². The summed E-state index contributed by atoms with van der Waals surface area (Å²) in [6, 6.07) is 10.3. The van der Waals surface area contributed by atoms with Crippen molar-refractivity contribution in [2.45, 2.75) is 38.0 Å². The summed E-state index contributed by atoms with van der Waals surface area (Å²) in [5.74, 6) is 1.30. The van der Waals surface area contributed by atoms with Crippen molar-refractivity contribution in [1.29, 1.82) is 0 Å². The molecule has 3 nitrogen and oxygen atoms in total. The number of rotatable bonds is 1. The standard InChI is InChI=1S/C19H18O3/c20-13-6-8-15-17(10-13)22-18-11-14(21)7-9-16(18)19(15)12-4-2-1-3-5-12/h6-12,20H,1-5H2. The monoisotopic (exact) mass is 294 g/mol. The van der Waals surface area contributed by atoms with E-state index in [-0.39, 0.29) is 11.2 Å². The number of hydrogen-bond acceptors (Lipinski definition) is 3. The van der Waals surface area contributed by atoms with Gasteiger partial charge in [0.2, 0.25) is 0 Å². The second-order valence-corrected chi connectivity index (χ2v) is 6.19. The molecule has 0 aromatic heterocycles. The van der Waals surface area contributed by atoms with Crippen LogP contribution in [0.25, 0.3) is 22.3 Å². The SMILES string of the molecule is O=c1ccc2c(C3CCCCC3)c3ccc(O)cc3oc-2c1. The summed E-state index contributed by atoms with van der Waals surface area (Å²) in [7, 11) is 0. The Morgan fingerprint density at radius 2 is 1.82 bits per heavy atom. The van der Waals surface area contributed by atoms with Crippen LogP contribution in [-0.2, 0) is 0 Å². The van der Waals surface area contributed by atoms with Gasteiger partial charge >= 0.3 is 0 Å². The minimum atomic E-state index is -0.0506. The van der Waals surface area contributed by atoms with Crippen LogP contribution >= 0.6 is 0 Å². The molecule has 112 valence electrons. The molecule has 0 atom stereocenters. The van der Waals surface area contributed by atoms with Gasteiger partial charge in [0.1, 0.15) is 17.1 Å². The molecule has 1 aliphatic heterocycles. The van der Waals surface area contributed by atoms with Crippen molar-refractivity contribution in [3.63, 3.8) is 0 Å². The Hall–Kier alpha value is -2.29. The second kappa shape index (κ2) is 5.16. The molecular weight excluding hydrogens is 276 g/mol. The molecule has 1 N–H and O–H groups in total. The lowest BCUT2D eigenvalue weighted by atomic mass is 9.80. The van der Waals surface area contributed by atoms with E-state index in [1.807, 2.05) is 12.1 Å². The fourth-order valence-electron chi connectivity index (χ4n) is 3.72. The average Bonchev–Trinajstić information content (AvgIpc) is 2.53. The molecule has 1 aromatic carbocycles. The van der Waals surface area contributed by atoms with Crippen LogP contribution in [0.3, 0.4) is 0 Å². The fourth-order valence-corrected chi connectivity index (χ4v) is 3.72. The van der Waals surface area contributed by atoms with Gasteiger partial charge in [0.25, 0.3) is 0 Å². The van der Waals surface area contributed by atoms with E-state index in [0.717, 1.165) is 10.9 Å². The van der Waals surface area contributed by atoms with Crippen LogP contribution in [0.1, 0.15) is 43.6 Å². The molecule has 0 spiro atoms. The molecule has 0 unspecified atom stereocenters. The Bertz CT molecular complexity index is 856. The van der Waals surface area contributed by atoms with Crippen LogP contribution in [0.5, 0.6) is 5.75 Å². The highest BCUT2D eigenvalue weighted by atomic mass is 16.3. The lowest BCUT2D eigenvalue weighted by Crippen LogP contribution is -2.09. The number of benzene rings is 2. The number of aromatic hydroxyl groups is 1. The van der Waals surface area contributed by atoms with E-state index >= 15 is 0 Å². The highest BCUT2D eigenvalue weighted by Gasteiger charge is 2.24. The zero-order valence-electron chi connectivity index (χ0n) is 12.3. The lowest BCUT2D eigenvalue weighted by molar-refractivity contribution is 0.444. The molecule has 0 amide bonds. The van der Waals surface area contributed by atoms with Gasteiger partial charge in [-0.25, -0.2) is 0 Å². The van der Waals surface area contributed by atoms with Crippen molar-refractivity contribution in [3.05, 3.63) is 52.2 Å². The van der Waals surface area contributed by atoms with Crippen LogP contribution < -0.4 is 5.43 Å². The maximum Gasteiger partial charge on any atom is 0.182 e. The van der Waals surface area contributed by atoms with E-state index in [1.54, 1.807) is 24.3 Å². The van der Waals surface area contributed by atoms with Gasteiger partial charge in [0, 0.05) is 23.1 Å². The van der Waals surface area contributed by atoms with Gasteiger partial charge in [-0.15, -0.1) is 0 Å². The van der Waals surface area contributed by atoms with Gasteiger partial charge in [-0.1, -0.05) is 19.3 Å². The Labute approximate surface area is 128 Å². The zero-order valence-corrected chi connectivity index (χ0v) is 12.3. The van der Waals surface area contributed by atoms with Crippen LogP contribution in [0, 0.1) is 0 Å². The van der Waals surface area contributed by atoms with Crippen molar-refractivity contribution in [2.75, 3.05) is 0 Å². The molecule has 0 radical (unpaired) electrons. The third kappa shape index (κ3) is 2.17. The van der Waals surface area contributed by atoms with E-state index in [9.17, 15) is 9.90 Å². The van der Waals surface area contributed by atoms with E-state index < -0.39 is 0 Å². The molecule has 4 rings (SSSR count). The minimum absolute atomic E-state index is 0.0506. The summed E-state index contributed by atoms with van der Waals surface area (Å²) in [6.07, 6.45) is 6.15. The van der Waals surface area contributed by atoms with Crippen LogP contribution in [0.2, 0.25) is 0 Å². The van der Waals surface area contributed by atoms with Crippen LogP contribution in [0.15, 0.2) is 45.6 Å². The van der Waals surface area contributed by atoms with Gasteiger partial charge in [-0.3, -0.25) is 4.79 Å². The molecule has 1 fully saturated rings. The molecule has 3 heteroatoms. The molecule has 1 saturated carbocycles. The summed E-state index contributed by atoms with van der Waals surface area (Å²) in [4.78, 5) is 11.7. The first-order chi connectivity index (χ1) is 10.7. The average molecular weight is 294 g/mol. The van der Waals surface area contributed by atoms with E-state index in [2.05, 4.69) is 0 Å². The molecule has 22 heavy (non-hydrogen) atoms. The van der Waals surface area contributed by atoms with Crippen molar-refractivity contribution in [2.24, 2.45) is 0 Å². The second-order valence-electron chi connectivity index (χ2n) is 6.19. The predicted octanol–water partition coefficient (Wildman–Crippen LogP) is 4.65. The van der Waals surface area contributed by atoms with Gasteiger partial charge in [-0.05, 0) is 48.6 Å². The first kappa shape index (κ1) is 13.4. The third-order valence-corrected chi connectivity index (χ3v) is 4.73. The summed E-state index contributed by atoms with van der Waals surface area (Å²) in [5.41, 5.74) is 2.91. The Balaban J connectivity index is 2.06. The fraction of sp³-hybridized carbons (Fsp3) is 0.316. The van der Waals surface area contributed by atoms with E-state index in [4.69, 9.17) is 4.42 Å². The van der Waals surface area contributed by atoms with Gasteiger partial charge in [0.15, 0.2) is 5.43 Å². The largest absolute Gasteiger partial charge is 0.508 e. The van der Waals surface area contributed by atoms with Crippen molar-refractivity contribution in [1.82, 2.24) is 0 Å². The number of phenols is 1. The number of fused-ring (bicyclic) bond motifs is 2. The molecule has 0 bridgehead atoms. The third-order valence-electron chi connectivity index (χ3n) is 4.73. The Morgan fingerprint density at radius 1 is 1.00 bits per heavy atom. The molecule has 1 heterocycles. The first-order valence-electron chi connectivity index (χ1n) is 7.92. The van der Waals surface area contributed by atoms with Gasteiger partial charge in [-0.2, -0.15) is 0 Å². The number of phenolic OH excluding ortho intramolecular Hbond substituents is 1. The van der Waals surface area contributed by atoms with E-state index in [1.165, 1.54) is 37.7 Å². The van der Waals surface area contributed by atoms with Crippen molar-refractivity contribution in [3.8, 4) is 17.1 Å². The minimum Gasteiger partial charge on any atom is -0.508 e. The molecule has 3 aliphatic rings. The van der Waals surface area contributed by atoms with Gasteiger partial charge in [0.05, 0.1) is 0 Å². The Morgan fingerprint density at radius 3 is 2.64 bits per heavy atom. The predicted molar refractivity (Wildman–Crippen MR) is 86.6 cm³/mol. The highest BCUT2D eigenvalue weighted by molar-refractivity contribution is 5.89. The topological polar surface area (TPSA) is 50.4 Å². The normalized spacial score (nSPS) is 16.4. The summed E-state index contributed by atoms with van der Waals surface area (Å²) in [6.45, 7) is 0. The molecule has 0 saturated heterocycles. The summed E-state index contributed by atoms with van der Waals surface area (Å²) < 4.78 is 5.88. The molecule has 2 aliphatic carbocycles.